The number of benzene rings is 1. The Balaban J connectivity index is 2.32. The number of aromatic amines is 1. The van der Waals surface area contributed by atoms with E-state index in [2.05, 4.69) is 34.2 Å². The summed E-state index contributed by atoms with van der Waals surface area (Å²) >= 11 is 0. The molecule has 2 aromatic rings. The quantitative estimate of drug-likeness (QED) is 0.655. The number of methoxy groups -OCH3 is 1. The molecule has 0 radical (unpaired) electrons. The van der Waals surface area contributed by atoms with Gasteiger partial charge in [-0.3, -0.25) is 5.10 Å². The zero-order chi connectivity index (χ0) is 16.7. The van der Waals surface area contributed by atoms with Gasteiger partial charge in [0.05, 0.1) is 18.0 Å². The van der Waals surface area contributed by atoms with Gasteiger partial charge in [0.2, 0.25) is 5.88 Å². The highest BCUT2D eigenvalue weighted by atomic mass is 16.5. The third-order valence-corrected chi connectivity index (χ3v) is 3.81. The standard InChI is InChI=1S/C18H24N4O/c1-13(6-4-5-10-19)15(9-11-20-2)14-7-8-16-17(12-14)21-22-18(16)23-3/h4-8,10,12,15,20H,1,9,11,19H2,2-3H3,(H,21,22)/b6-4-,10-5-/t15-/m0/s1. The predicted molar refractivity (Wildman–Crippen MR) is 95.5 cm³/mol. The van der Waals surface area contributed by atoms with E-state index in [4.69, 9.17) is 10.5 Å². The van der Waals surface area contributed by atoms with E-state index >= 15 is 0 Å². The first-order valence-corrected chi connectivity index (χ1v) is 7.61. The van der Waals surface area contributed by atoms with Crippen molar-refractivity contribution in [3.05, 3.63) is 60.3 Å². The van der Waals surface area contributed by atoms with Crippen LogP contribution in [0.3, 0.4) is 0 Å². The molecule has 4 N–H and O–H groups in total. The predicted octanol–water partition coefficient (Wildman–Crippen LogP) is 2.85. The second kappa shape index (κ2) is 8.19. The highest BCUT2D eigenvalue weighted by Gasteiger charge is 2.15. The van der Waals surface area contributed by atoms with Crippen LogP contribution in [0.2, 0.25) is 0 Å². The van der Waals surface area contributed by atoms with Crippen LogP contribution < -0.4 is 15.8 Å². The van der Waals surface area contributed by atoms with E-state index in [9.17, 15) is 0 Å². The van der Waals surface area contributed by atoms with Crippen LogP contribution in [0.4, 0.5) is 0 Å². The van der Waals surface area contributed by atoms with Crippen LogP contribution in [-0.4, -0.2) is 30.9 Å². The van der Waals surface area contributed by atoms with Crippen LogP contribution in [0.25, 0.3) is 10.9 Å². The normalized spacial score (nSPS) is 13.1. The van der Waals surface area contributed by atoms with Gasteiger partial charge in [0, 0.05) is 5.92 Å². The summed E-state index contributed by atoms with van der Waals surface area (Å²) < 4.78 is 5.25. The lowest BCUT2D eigenvalue weighted by Gasteiger charge is -2.18. The average Bonchev–Trinajstić information content (AvgIpc) is 2.98. The lowest BCUT2D eigenvalue weighted by atomic mass is 9.88. The summed E-state index contributed by atoms with van der Waals surface area (Å²) in [4.78, 5) is 0. The van der Waals surface area contributed by atoms with Gasteiger partial charge in [0.25, 0.3) is 0 Å². The van der Waals surface area contributed by atoms with Gasteiger partial charge in [-0.05, 0) is 55.6 Å². The van der Waals surface area contributed by atoms with Gasteiger partial charge in [-0.15, -0.1) is 5.10 Å². The van der Waals surface area contributed by atoms with Crippen LogP contribution in [0, 0.1) is 0 Å². The molecule has 1 atom stereocenters. The van der Waals surface area contributed by atoms with Gasteiger partial charge < -0.3 is 15.8 Å². The van der Waals surface area contributed by atoms with Crippen molar-refractivity contribution in [2.75, 3.05) is 20.7 Å². The second-order valence-electron chi connectivity index (χ2n) is 5.30. The van der Waals surface area contributed by atoms with Crippen LogP contribution >= 0.6 is 0 Å². The van der Waals surface area contributed by atoms with Crippen molar-refractivity contribution >= 4 is 10.9 Å². The summed E-state index contributed by atoms with van der Waals surface area (Å²) in [6, 6.07) is 6.26. The molecule has 0 saturated carbocycles. The Bertz CT molecular complexity index is 715. The van der Waals surface area contributed by atoms with E-state index in [1.165, 1.54) is 11.8 Å². The molecule has 0 spiro atoms. The Morgan fingerprint density at radius 2 is 2.30 bits per heavy atom. The second-order valence-corrected chi connectivity index (χ2v) is 5.30. The lowest BCUT2D eigenvalue weighted by Crippen LogP contribution is -2.13. The molecule has 1 aromatic heterocycles. The fourth-order valence-corrected chi connectivity index (χ4v) is 2.60. The number of allylic oxidation sites excluding steroid dienone is 4. The molecule has 1 heterocycles. The Morgan fingerprint density at radius 3 is 3.00 bits per heavy atom. The van der Waals surface area contributed by atoms with Crippen LogP contribution in [-0.2, 0) is 0 Å². The maximum atomic E-state index is 5.37. The lowest BCUT2D eigenvalue weighted by molar-refractivity contribution is 0.401. The number of H-pyrrole nitrogens is 1. The van der Waals surface area contributed by atoms with Crippen molar-refractivity contribution in [1.82, 2.24) is 15.5 Å². The van der Waals surface area contributed by atoms with Gasteiger partial charge >= 0.3 is 0 Å². The number of hydrogen-bond donors (Lipinski definition) is 3. The average molecular weight is 312 g/mol. The topological polar surface area (TPSA) is 76.0 Å². The number of fused-ring (bicyclic) bond motifs is 1. The van der Waals surface area contributed by atoms with Gasteiger partial charge in [-0.2, -0.15) is 0 Å². The highest BCUT2D eigenvalue weighted by Crippen LogP contribution is 2.31. The summed E-state index contributed by atoms with van der Waals surface area (Å²) in [6.07, 6.45) is 8.18. The largest absolute Gasteiger partial charge is 0.480 e. The molecule has 23 heavy (non-hydrogen) atoms. The zero-order valence-corrected chi connectivity index (χ0v) is 13.7. The van der Waals surface area contributed by atoms with Crippen molar-refractivity contribution in [3.63, 3.8) is 0 Å². The summed E-state index contributed by atoms with van der Waals surface area (Å²) in [6.45, 7) is 5.13. The fraction of sp³-hybridized carbons (Fsp3) is 0.278. The molecule has 0 saturated heterocycles. The Morgan fingerprint density at radius 1 is 1.48 bits per heavy atom. The van der Waals surface area contributed by atoms with E-state index in [-0.39, 0.29) is 5.92 Å². The van der Waals surface area contributed by atoms with Gasteiger partial charge in [0.15, 0.2) is 0 Å². The molecular formula is C18H24N4O. The monoisotopic (exact) mass is 312 g/mol. The van der Waals surface area contributed by atoms with Crippen LogP contribution in [0.5, 0.6) is 5.88 Å². The van der Waals surface area contributed by atoms with E-state index in [1.54, 1.807) is 13.2 Å². The molecule has 5 heteroatoms. The maximum absolute atomic E-state index is 5.37. The molecule has 0 aliphatic carbocycles. The molecular weight excluding hydrogens is 288 g/mol. The summed E-state index contributed by atoms with van der Waals surface area (Å²) in [5.74, 6) is 0.841. The van der Waals surface area contributed by atoms with E-state index < -0.39 is 0 Å². The third kappa shape index (κ3) is 4.02. The minimum Gasteiger partial charge on any atom is -0.480 e. The van der Waals surface area contributed by atoms with Crippen molar-refractivity contribution in [2.45, 2.75) is 12.3 Å². The molecule has 122 valence electrons. The molecule has 0 aliphatic rings. The molecule has 0 unspecified atom stereocenters. The molecule has 2 rings (SSSR count). The SMILES string of the molecule is C=C(/C=C\C=C/N)[C@H](CCNC)c1ccc2c(OC)n[nH]c2c1. The number of nitrogens with zero attached hydrogens (tertiary/aromatic N) is 1. The van der Waals surface area contributed by atoms with Crippen molar-refractivity contribution < 1.29 is 4.74 Å². The van der Waals surface area contributed by atoms with Crippen molar-refractivity contribution in [3.8, 4) is 5.88 Å². The minimum absolute atomic E-state index is 0.226. The van der Waals surface area contributed by atoms with E-state index in [0.717, 1.165) is 29.4 Å². The molecule has 0 bridgehead atoms. The fourth-order valence-electron chi connectivity index (χ4n) is 2.60. The Kier molecular flexibility index (Phi) is 6.00. The van der Waals surface area contributed by atoms with Gasteiger partial charge in [0.1, 0.15) is 0 Å². The first-order valence-electron chi connectivity index (χ1n) is 7.61. The molecule has 0 fully saturated rings. The number of rotatable bonds is 8. The number of aromatic nitrogens is 2. The number of hydrogen-bond acceptors (Lipinski definition) is 4. The van der Waals surface area contributed by atoms with Gasteiger partial charge in [-0.1, -0.05) is 24.8 Å². The highest BCUT2D eigenvalue weighted by molar-refractivity contribution is 5.84. The van der Waals surface area contributed by atoms with Crippen LogP contribution in [0.1, 0.15) is 17.9 Å². The molecule has 1 aromatic carbocycles. The Labute approximate surface area is 136 Å². The zero-order valence-electron chi connectivity index (χ0n) is 13.7. The molecule has 5 nitrogen and oxygen atoms in total. The van der Waals surface area contributed by atoms with E-state index in [0.29, 0.717) is 5.88 Å². The number of ether oxygens (including phenoxy) is 1. The number of nitrogens with one attached hydrogen (secondary N) is 2. The summed E-state index contributed by atoms with van der Waals surface area (Å²) in [7, 11) is 3.58. The van der Waals surface area contributed by atoms with Crippen LogP contribution in [0.15, 0.2) is 54.8 Å². The third-order valence-electron chi connectivity index (χ3n) is 3.81. The molecule has 0 amide bonds. The maximum Gasteiger partial charge on any atom is 0.240 e. The number of nitrogens with two attached hydrogens (primary N) is 1. The first-order chi connectivity index (χ1) is 11.2. The minimum atomic E-state index is 0.226. The van der Waals surface area contributed by atoms with Crippen molar-refractivity contribution in [2.24, 2.45) is 5.73 Å². The van der Waals surface area contributed by atoms with E-state index in [1.807, 2.05) is 25.3 Å². The van der Waals surface area contributed by atoms with Gasteiger partial charge in [-0.25, -0.2) is 0 Å². The smallest absolute Gasteiger partial charge is 0.240 e. The molecule has 0 aliphatic heterocycles. The first kappa shape index (κ1) is 16.8. The Hall–Kier alpha value is -2.53. The summed E-state index contributed by atoms with van der Waals surface area (Å²) in [5, 5.41) is 11.4. The summed E-state index contributed by atoms with van der Waals surface area (Å²) in [5.41, 5.74) is 8.58. The van der Waals surface area contributed by atoms with Crippen molar-refractivity contribution in [1.29, 1.82) is 0 Å².